The van der Waals surface area contributed by atoms with E-state index in [0.29, 0.717) is 11.4 Å². The molecule has 1 amide bonds. The average molecular weight is 232 g/mol. The number of rotatable bonds is 3. The normalized spacial score (nSPS) is 10.2. The third-order valence-corrected chi connectivity index (χ3v) is 2.18. The highest BCUT2D eigenvalue weighted by Gasteiger charge is 2.12. The number of hydrogen-bond acceptors (Lipinski definition) is 4. The number of amides is 1. The van der Waals surface area contributed by atoms with Gasteiger partial charge in [-0.15, -0.1) is 5.10 Å². The van der Waals surface area contributed by atoms with E-state index < -0.39 is 5.91 Å². The lowest BCUT2D eigenvalue weighted by molar-refractivity contribution is 0.0998. The molecule has 0 aliphatic carbocycles. The molecule has 2 rings (SSSR count). The molecule has 0 spiro atoms. The number of primary amides is 1. The van der Waals surface area contributed by atoms with Crippen LogP contribution < -0.4 is 16.2 Å². The van der Waals surface area contributed by atoms with Crippen LogP contribution in [0.25, 0.3) is 0 Å². The fraction of sp³-hybridized carbons (Fsp3) is 0.0909. The number of benzene rings is 1. The van der Waals surface area contributed by atoms with Crippen LogP contribution in [-0.2, 0) is 7.05 Å². The van der Waals surface area contributed by atoms with Gasteiger partial charge in [0.1, 0.15) is 11.4 Å². The summed E-state index contributed by atoms with van der Waals surface area (Å²) < 4.78 is 6.99. The van der Waals surface area contributed by atoms with Crippen LogP contribution in [-0.4, -0.2) is 15.7 Å². The Morgan fingerprint density at radius 2 is 2.12 bits per heavy atom. The first-order valence-corrected chi connectivity index (χ1v) is 4.93. The largest absolute Gasteiger partial charge is 0.435 e. The molecule has 88 valence electrons. The molecule has 2 aromatic rings. The predicted octanol–water partition coefficient (Wildman–Crippen LogP) is 0.893. The highest BCUT2D eigenvalue weighted by atomic mass is 16.5. The summed E-state index contributed by atoms with van der Waals surface area (Å²) in [7, 11) is 1.73. The number of carbonyl (C=O) groups is 1. The van der Waals surface area contributed by atoms with Gasteiger partial charge < -0.3 is 16.2 Å². The van der Waals surface area contributed by atoms with Gasteiger partial charge in [-0.1, -0.05) is 12.1 Å². The van der Waals surface area contributed by atoms with Gasteiger partial charge in [0.05, 0.1) is 11.8 Å². The monoisotopic (exact) mass is 232 g/mol. The smallest absolute Gasteiger partial charge is 0.261 e. The summed E-state index contributed by atoms with van der Waals surface area (Å²) in [5.74, 6) is 0.0294. The molecular formula is C11H12N4O2. The van der Waals surface area contributed by atoms with E-state index in [0.717, 1.165) is 0 Å². The Hall–Kier alpha value is -2.50. The minimum absolute atomic E-state index is 0.251. The lowest BCUT2D eigenvalue weighted by Crippen LogP contribution is -2.12. The Labute approximate surface area is 97.8 Å². The minimum atomic E-state index is -0.560. The van der Waals surface area contributed by atoms with Crippen molar-refractivity contribution in [2.24, 2.45) is 12.8 Å². The molecule has 0 saturated carbocycles. The summed E-state index contributed by atoms with van der Waals surface area (Å²) in [4.78, 5) is 11.2. The second-order valence-electron chi connectivity index (χ2n) is 3.53. The van der Waals surface area contributed by atoms with Crippen LogP contribution in [0.3, 0.4) is 0 Å². The first-order chi connectivity index (χ1) is 8.08. The molecule has 4 N–H and O–H groups in total. The highest BCUT2D eigenvalue weighted by Crippen LogP contribution is 2.27. The number of para-hydroxylation sites is 1. The quantitative estimate of drug-likeness (QED) is 0.821. The molecule has 0 fully saturated rings. The van der Waals surface area contributed by atoms with Crippen molar-refractivity contribution in [1.29, 1.82) is 0 Å². The number of nitrogens with two attached hydrogens (primary N) is 2. The topological polar surface area (TPSA) is 96.2 Å². The van der Waals surface area contributed by atoms with Gasteiger partial charge in [-0.3, -0.25) is 9.48 Å². The zero-order valence-corrected chi connectivity index (χ0v) is 9.25. The van der Waals surface area contributed by atoms with Crippen molar-refractivity contribution in [2.45, 2.75) is 0 Å². The number of aromatic nitrogens is 2. The lowest BCUT2D eigenvalue weighted by Gasteiger charge is -2.06. The summed E-state index contributed by atoms with van der Waals surface area (Å²) in [6.07, 6.45) is 1.61. The van der Waals surface area contributed by atoms with Crippen molar-refractivity contribution in [3.05, 3.63) is 36.0 Å². The van der Waals surface area contributed by atoms with Crippen molar-refractivity contribution >= 4 is 11.6 Å². The summed E-state index contributed by atoms with van der Waals surface area (Å²) in [6.45, 7) is 0. The third-order valence-electron chi connectivity index (χ3n) is 2.18. The van der Waals surface area contributed by atoms with Gasteiger partial charge in [0.2, 0.25) is 0 Å². The standard InChI is InChI=1S/C11H12N4O2/c1-15-6-8(12)11(14-15)17-9-5-3-2-4-7(9)10(13)16/h2-6H,12H2,1H3,(H2,13,16). The fourth-order valence-corrected chi connectivity index (χ4v) is 1.43. The van der Waals surface area contributed by atoms with E-state index in [1.165, 1.54) is 4.68 Å². The first kappa shape index (κ1) is 11.0. The van der Waals surface area contributed by atoms with Crippen LogP contribution in [0.15, 0.2) is 30.5 Å². The second kappa shape index (κ2) is 4.17. The number of anilines is 1. The minimum Gasteiger partial charge on any atom is -0.435 e. The maximum absolute atomic E-state index is 11.2. The number of nitrogen functional groups attached to an aromatic ring is 1. The van der Waals surface area contributed by atoms with Crippen LogP contribution in [0.5, 0.6) is 11.6 Å². The molecule has 0 atom stereocenters. The van der Waals surface area contributed by atoms with E-state index in [-0.39, 0.29) is 11.4 Å². The zero-order chi connectivity index (χ0) is 12.4. The van der Waals surface area contributed by atoms with Gasteiger partial charge in [0.25, 0.3) is 11.8 Å². The van der Waals surface area contributed by atoms with Gasteiger partial charge in [-0.2, -0.15) is 0 Å². The van der Waals surface area contributed by atoms with Gasteiger partial charge in [0.15, 0.2) is 0 Å². The molecule has 17 heavy (non-hydrogen) atoms. The van der Waals surface area contributed by atoms with Crippen molar-refractivity contribution < 1.29 is 9.53 Å². The third kappa shape index (κ3) is 2.20. The summed E-state index contributed by atoms with van der Waals surface area (Å²) in [5.41, 5.74) is 11.6. The van der Waals surface area contributed by atoms with Gasteiger partial charge in [-0.25, -0.2) is 0 Å². The van der Waals surface area contributed by atoms with Crippen molar-refractivity contribution in [2.75, 3.05) is 5.73 Å². The van der Waals surface area contributed by atoms with Crippen LogP contribution in [0.1, 0.15) is 10.4 Å². The number of nitrogens with zero attached hydrogens (tertiary/aromatic N) is 2. The van der Waals surface area contributed by atoms with E-state index in [9.17, 15) is 4.79 Å². The van der Waals surface area contributed by atoms with Gasteiger partial charge in [0, 0.05) is 7.05 Å². The molecule has 6 nitrogen and oxygen atoms in total. The maximum Gasteiger partial charge on any atom is 0.261 e. The molecule has 0 unspecified atom stereocenters. The molecule has 0 aliphatic heterocycles. The molecular weight excluding hydrogens is 220 g/mol. The molecule has 1 aromatic carbocycles. The number of hydrogen-bond donors (Lipinski definition) is 2. The molecule has 1 aromatic heterocycles. The van der Waals surface area contributed by atoms with Crippen molar-refractivity contribution in [3.63, 3.8) is 0 Å². The first-order valence-electron chi connectivity index (χ1n) is 4.93. The van der Waals surface area contributed by atoms with Crippen LogP contribution >= 0.6 is 0 Å². The Morgan fingerprint density at radius 1 is 1.41 bits per heavy atom. The van der Waals surface area contributed by atoms with E-state index in [1.807, 2.05) is 0 Å². The Morgan fingerprint density at radius 3 is 2.71 bits per heavy atom. The number of aryl methyl sites for hydroxylation is 1. The Kier molecular flexibility index (Phi) is 2.70. The van der Waals surface area contributed by atoms with E-state index in [2.05, 4.69) is 5.10 Å². The van der Waals surface area contributed by atoms with Crippen LogP contribution in [0.4, 0.5) is 5.69 Å². The number of carbonyl (C=O) groups excluding carboxylic acids is 1. The molecule has 1 heterocycles. The molecule has 0 radical (unpaired) electrons. The van der Waals surface area contributed by atoms with Crippen LogP contribution in [0.2, 0.25) is 0 Å². The average Bonchev–Trinajstić information content (AvgIpc) is 2.58. The summed E-state index contributed by atoms with van der Waals surface area (Å²) >= 11 is 0. The van der Waals surface area contributed by atoms with E-state index >= 15 is 0 Å². The van der Waals surface area contributed by atoms with Crippen molar-refractivity contribution in [3.8, 4) is 11.6 Å². The second-order valence-corrected chi connectivity index (χ2v) is 3.53. The molecule has 6 heteroatoms. The molecule has 0 saturated heterocycles. The highest BCUT2D eigenvalue weighted by molar-refractivity contribution is 5.95. The maximum atomic E-state index is 11.2. The molecule has 0 bridgehead atoms. The zero-order valence-electron chi connectivity index (χ0n) is 9.25. The lowest BCUT2D eigenvalue weighted by atomic mass is 10.2. The predicted molar refractivity (Wildman–Crippen MR) is 62.7 cm³/mol. The van der Waals surface area contributed by atoms with Gasteiger partial charge >= 0.3 is 0 Å². The Balaban J connectivity index is 2.36. The summed E-state index contributed by atoms with van der Waals surface area (Å²) in [6, 6.07) is 6.65. The van der Waals surface area contributed by atoms with E-state index in [1.54, 1.807) is 37.5 Å². The SMILES string of the molecule is Cn1cc(N)c(Oc2ccccc2C(N)=O)n1. The fourth-order valence-electron chi connectivity index (χ4n) is 1.43. The van der Waals surface area contributed by atoms with Crippen LogP contribution in [0, 0.1) is 0 Å². The molecule has 0 aliphatic rings. The van der Waals surface area contributed by atoms with Crippen molar-refractivity contribution in [1.82, 2.24) is 9.78 Å². The number of ether oxygens (including phenoxy) is 1. The summed E-state index contributed by atoms with van der Waals surface area (Å²) in [5, 5.41) is 4.02. The van der Waals surface area contributed by atoms with Gasteiger partial charge in [-0.05, 0) is 12.1 Å². The van der Waals surface area contributed by atoms with E-state index in [4.69, 9.17) is 16.2 Å². The Bertz CT molecular complexity index is 562.